The average molecular weight is 278 g/mol. The summed E-state index contributed by atoms with van der Waals surface area (Å²) in [7, 11) is 0. The topological polar surface area (TPSA) is 98.6 Å². The Morgan fingerprint density at radius 1 is 1.45 bits per heavy atom. The van der Waals surface area contributed by atoms with Crippen molar-refractivity contribution in [2.75, 3.05) is 0 Å². The maximum Gasteiger partial charge on any atom is 0.270 e. The van der Waals surface area contributed by atoms with Crippen LogP contribution >= 0.6 is 0 Å². The fraction of sp³-hybridized carbons (Fsp3) is 0.308. The molecule has 0 aliphatic heterocycles. The van der Waals surface area contributed by atoms with Crippen LogP contribution in [0, 0.1) is 24.0 Å². The van der Waals surface area contributed by atoms with Crippen LogP contribution in [0.1, 0.15) is 22.6 Å². The molecule has 0 radical (unpaired) electrons. The molecule has 0 unspecified atom stereocenters. The number of nitro benzene ring substituents is 1. The summed E-state index contributed by atoms with van der Waals surface area (Å²) in [5.74, 6) is 1.06. The molecule has 0 saturated carbocycles. The van der Waals surface area contributed by atoms with Gasteiger partial charge in [-0.2, -0.15) is 0 Å². The van der Waals surface area contributed by atoms with Crippen LogP contribution in [-0.2, 0) is 13.2 Å². The van der Waals surface area contributed by atoms with Gasteiger partial charge >= 0.3 is 0 Å². The zero-order chi connectivity index (χ0) is 14.7. The number of benzene rings is 1. The predicted molar refractivity (Wildman–Crippen MR) is 69.3 cm³/mol. The number of nitrogens with zero attached hydrogens (tertiary/aromatic N) is 2. The number of aromatic nitrogens is 1. The van der Waals surface area contributed by atoms with E-state index >= 15 is 0 Å². The molecular weight excluding hydrogens is 264 g/mol. The van der Waals surface area contributed by atoms with Gasteiger partial charge in [-0.25, -0.2) is 0 Å². The number of aliphatic hydroxyl groups is 1. The Balaban J connectivity index is 2.19. The molecule has 1 aromatic heterocycles. The predicted octanol–water partition coefficient (Wildman–Crippen LogP) is 2.27. The first-order valence-electron chi connectivity index (χ1n) is 5.95. The van der Waals surface area contributed by atoms with Crippen LogP contribution in [0.5, 0.6) is 5.75 Å². The van der Waals surface area contributed by atoms with Crippen molar-refractivity contribution in [1.82, 2.24) is 5.16 Å². The number of aliphatic hydroxyl groups excluding tert-OH is 1. The molecule has 1 aromatic carbocycles. The SMILES string of the molecule is Cc1noc(C)c1COc1ccc([N+](=O)[O-])cc1CO. The lowest BCUT2D eigenvalue weighted by atomic mass is 10.2. The summed E-state index contributed by atoms with van der Waals surface area (Å²) in [6.45, 7) is 3.48. The van der Waals surface area contributed by atoms with Gasteiger partial charge in [-0.15, -0.1) is 0 Å². The van der Waals surface area contributed by atoms with Gasteiger partial charge in [0, 0.05) is 17.7 Å². The summed E-state index contributed by atoms with van der Waals surface area (Å²) in [6.07, 6.45) is 0. The molecule has 0 amide bonds. The smallest absolute Gasteiger partial charge is 0.270 e. The Bertz CT molecular complexity index is 616. The van der Waals surface area contributed by atoms with Gasteiger partial charge in [-0.05, 0) is 19.9 Å². The molecule has 1 heterocycles. The van der Waals surface area contributed by atoms with Gasteiger partial charge in [0.1, 0.15) is 18.1 Å². The molecule has 0 atom stereocenters. The third kappa shape index (κ3) is 2.77. The number of aryl methyl sites for hydroxylation is 2. The van der Waals surface area contributed by atoms with E-state index in [0.717, 1.165) is 11.3 Å². The standard InChI is InChI=1S/C13H14N2O5/c1-8-12(9(2)20-14-8)7-19-13-4-3-11(15(17)18)5-10(13)6-16/h3-5,16H,6-7H2,1-2H3. The van der Waals surface area contributed by atoms with Gasteiger partial charge in [0.15, 0.2) is 0 Å². The van der Waals surface area contributed by atoms with Crippen molar-refractivity contribution < 1.29 is 19.3 Å². The molecule has 7 nitrogen and oxygen atoms in total. The Labute approximate surface area is 114 Å². The molecule has 106 valence electrons. The molecule has 2 rings (SSSR count). The van der Waals surface area contributed by atoms with E-state index in [0.29, 0.717) is 17.1 Å². The van der Waals surface area contributed by atoms with Crippen LogP contribution in [0.25, 0.3) is 0 Å². The van der Waals surface area contributed by atoms with Gasteiger partial charge < -0.3 is 14.4 Å². The number of hydrogen-bond donors (Lipinski definition) is 1. The Morgan fingerprint density at radius 3 is 2.75 bits per heavy atom. The van der Waals surface area contributed by atoms with E-state index in [-0.39, 0.29) is 18.9 Å². The van der Waals surface area contributed by atoms with Crippen LogP contribution in [0.4, 0.5) is 5.69 Å². The summed E-state index contributed by atoms with van der Waals surface area (Å²) in [5.41, 5.74) is 1.84. The number of non-ortho nitro benzene ring substituents is 1. The first-order valence-corrected chi connectivity index (χ1v) is 5.95. The van der Waals surface area contributed by atoms with Gasteiger partial charge in [-0.1, -0.05) is 5.16 Å². The Kier molecular flexibility index (Phi) is 3.99. The van der Waals surface area contributed by atoms with Crippen molar-refractivity contribution in [2.45, 2.75) is 27.1 Å². The van der Waals surface area contributed by atoms with Crippen LogP contribution in [0.2, 0.25) is 0 Å². The average Bonchev–Trinajstić information content (AvgIpc) is 2.75. The zero-order valence-electron chi connectivity index (χ0n) is 11.1. The fourth-order valence-corrected chi connectivity index (χ4v) is 1.80. The van der Waals surface area contributed by atoms with Crippen molar-refractivity contribution in [1.29, 1.82) is 0 Å². The van der Waals surface area contributed by atoms with E-state index in [4.69, 9.17) is 9.26 Å². The van der Waals surface area contributed by atoms with Crippen molar-refractivity contribution in [2.24, 2.45) is 0 Å². The lowest BCUT2D eigenvalue weighted by molar-refractivity contribution is -0.385. The van der Waals surface area contributed by atoms with Crippen molar-refractivity contribution in [3.63, 3.8) is 0 Å². The highest BCUT2D eigenvalue weighted by molar-refractivity contribution is 5.43. The van der Waals surface area contributed by atoms with E-state index < -0.39 is 4.92 Å². The molecule has 0 aliphatic carbocycles. The number of rotatable bonds is 5. The quantitative estimate of drug-likeness (QED) is 0.665. The third-order valence-corrected chi connectivity index (χ3v) is 2.98. The van der Waals surface area contributed by atoms with Crippen LogP contribution in [0.3, 0.4) is 0 Å². The van der Waals surface area contributed by atoms with Crippen LogP contribution < -0.4 is 4.74 Å². The molecule has 20 heavy (non-hydrogen) atoms. The van der Waals surface area contributed by atoms with Crippen LogP contribution in [-0.4, -0.2) is 15.2 Å². The Morgan fingerprint density at radius 2 is 2.20 bits per heavy atom. The highest BCUT2D eigenvalue weighted by Crippen LogP contribution is 2.25. The summed E-state index contributed by atoms with van der Waals surface area (Å²) in [6, 6.07) is 4.10. The maximum absolute atomic E-state index is 10.7. The van der Waals surface area contributed by atoms with Gasteiger partial charge in [0.2, 0.25) is 0 Å². The molecule has 2 aromatic rings. The molecule has 7 heteroatoms. The second-order valence-corrected chi connectivity index (χ2v) is 4.30. The second kappa shape index (κ2) is 5.70. The summed E-state index contributed by atoms with van der Waals surface area (Å²) >= 11 is 0. The Hall–Kier alpha value is -2.41. The van der Waals surface area contributed by atoms with Gasteiger partial charge in [-0.3, -0.25) is 10.1 Å². The molecule has 0 spiro atoms. The van der Waals surface area contributed by atoms with E-state index in [1.807, 2.05) is 0 Å². The highest BCUT2D eigenvalue weighted by Gasteiger charge is 2.14. The molecule has 0 saturated heterocycles. The second-order valence-electron chi connectivity index (χ2n) is 4.30. The minimum atomic E-state index is -0.517. The summed E-state index contributed by atoms with van der Waals surface area (Å²) in [5, 5.41) is 23.7. The normalized spacial score (nSPS) is 10.6. The van der Waals surface area contributed by atoms with Crippen molar-refractivity contribution >= 4 is 5.69 Å². The highest BCUT2D eigenvalue weighted by atomic mass is 16.6. The zero-order valence-corrected chi connectivity index (χ0v) is 11.1. The fourth-order valence-electron chi connectivity index (χ4n) is 1.80. The monoisotopic (exact) mass is 278 g/mol. The van der Waals surface area contributed by atoms with E-state index in [1.165, 1.54) is 18.2 Å². The van der Waals surface area contributed by atoms with E-state index in [1.54, 1.807) is 13.8 Å². The first kappa shape index (κ1) is 14.0. The first-order chi connectivity index (χ1) is 9.52. The number of nitro groups is 1. The summed E-state index contributed by atoms with van der Waals surface area (Å²) in [4.78, 5) is 10.2. The van der Waals surface area contributed by atoms with Crippen molar-refractivity contribution in [3.8, 4) is 5.75 Å². The molecular formula is C13H14N2O5. The molecule has 1 N–H and O–H groups in total. The maximum atomic E-state index is 10.7. The van der Waals surface area contributed by atoms with E-state index in [2.05, 4.69) is 5.16 Å². The van der Waals surface area contributed by atoms with Gasteiger partial charge in [0.25, 0.3) is 5.69 Å². The minimum Gasteiger partial charge on any atom is -0.488 e. The third-order valence-electron chi connectivity index (χ3n) is 2.98. The van der Waals surface area contributed by atoms with Crippen molar-refractivity contribution in [3.05, 3.63) is 50.9 Å². The lowest BCUT2D eigenvalue weighted by Gasteiger charge is -2.09. The van der Waals surface area contributed by atoms with E-state index in [9.17, 15) is 15.2 Å². The molecule has 0 fully saturated rings. The summed E-state index contributed by atoms with van der Waals surface area (Å²) < 4.78 is 10.6. The number of hydrogen-bond acceptors (Lipinski definition) is 6. The molecule has 0 bridgehead atoms. The largest absolute Gasteiger partial charge is 0.488 e. The lowest BCUT2D eigenvalue weighted by Crippen LogP contribution is -2.01. The number of ether oxygens (including phenoxy) is 1. The van der Waals surface area contributed by atoms with Crippen LogP contribution in [0.15, 0.2) is 22.7 Å². The molecule has 0 aliphatic rings. The van der Waals surface area contributed by atoms with Gasteiger partial charge in [0.05, 0.1) is 22.8 Å². The minimum absolute atomic E-state index is 0.0845.